The number of hydrogen-bond donors (Lipinski definition) is 1. The molecule has 96 valence electrons. The zero-order valence-electron chi connectivity index (χ0n) is 10.4. The number of para-hydroxylation sites is 2. The van der Waals surface area contributed by atoms with E-state index < -0.39 is 0 Å². The van der Waals surface area contributed by atoms with Gasteiger partial charge in [-0.2, -0.15) is 9.97 Å². The van der Waals surface area contributed by atoms with E-state index in [-0.39, 0.29) is 0 Å². The van der Waals surface area contributed by atoms with Crippen molar-refractivity contribution in [2.24, 2.45) is 0 Å². The third-order valence-electron chi connectivity index (χ3n) is 3.24. The topological polar surface area (TPSA) is 46.0 Å². The van der Waals surface area contributed by atoms with E-state index in [0.717, 1.165) is 16.6 Å². The van der Waals surface area contributed by atoms with Gasteiger partial charge in [-0.25, -0.2) is 0 Å². The number of H-pyrrole nitrogens is 1. The molecule has 0 unspecified atom stereocenters. The Balaban J connectivity index is 2.09. The normalized spacial score (nSPS) is 11.2. The predicted molar refractivity (Wildman–Crippen MR) is 81.1 cm³/mol. The van der Waals surface area contributed by atoms with Gasteiger partial charge in [0.2, 0.25) is 10.5 Å². The van der Waals surface area contributed by atoms with E-state index in [9.17, 15) is 0 Å². The van der Waals surface area contributed by atoms with Crippen LogP contribution in [0.15, 0.2) is 54.6 Å². The Hall–Kier alpha value is -2.53. The van der Waals surface area contributed by atoms with E-state index in [1.165, 1.54) is 0 Å². The SMILES string of the molecule is S=c1nc(-c2ccccc2)nc2[nH]c3ccccc3n12. The fraction of sp³-hybridized carbons (Fsp3) is 0. The zero-order chi connectivity index (χ0) is 13.5. The number of fused-ring (bicyclic) bond motifs is 3. The number of hydrogen-bond acceptors (Lipinski definition) is 3. The van der Waals surface area contributed by atoms with Gasteiger partial charge in [-0.3, -0.25) is 4.40 Å². The first kappa shape index (κ1) is 11.3. The molecule has 0 spiro atoms. The molecule has 1 N–H and O–H groups in total. The third-order valence-corrected chi connectivity index (χ3v) is 3.51. The first-order valence-corrected chi connectivity index (χ1v) is 6.67. The highest BCUT2D eigenvalue weighted by molar-refractivity contribution is 7.71. The van der Waals surface area contributed by atoms with Gasteiger partial charge < -0.3 is 4.98 Å². The lowest BCUT2D eigenvalue weighted by atomic mass is 10.2. The summed E-state index contributed by atoms with van der Waals surface area (Å²) in [6, 6.07) is 17.8. The summed E-state index contributed by atoms with van der Waals surface area (Å²) in [6.45, 7) is 0. The predicted octanol–water partition coefficient (Wildman–Crippen LogP) is 3.61. The van der Waals surface area contributed by atoms with Crippen LogP contribution < -0.4 is 0 Å². The van der Waals surface area contributed by atoms with Crippen molar-refractivity contribution in [1.29, 1.82) is 0 Å². The molecule has 0 aliphatic heterocycles. The van der Waals surface area contributed by atoms with Crippen LogP contribution in [0.2, 0.25) is 0 Å². The van der Waals surface area contributed by atoms with Gasteiger partial charge in [-0.15, -0.1) is 0 Å². The van der Waals surface area contributed by atoms with Crippen LogP contribution in [-0.2, 0) is 0 Å². The van der Waals surface area contributed by atoms with Crippen molar-refractivity contribution in [3.05, 3.63) is 59.4 Å². The Bertz CT molecular complexity index is 969. The summed E-state index contributed by atoms with van der Waals surface area (Å²) in [7, 11) is 0. The van der Waals surface area contributed by atoms with Crippen LogP contribution in [0.3, 0.4) is 0 Å². The minimum Gasteiger partial charge on any atom is -0.323 e. The number of rotatable bonds is 1. The zero-order valence-corrected chi connectivity index (χ0v) is 11.3. The van der Waals surface area contributed by atoms with E-state index >= 15 is 0 Å². The Morgan fingerprint density at radius 2 is 1.65 bits per heavy atom. The molecule has 0 fully saturated rings. The van der Waals surface area contributed by atoms with E-state index in [1.54, 1.807) is 0 Å². The summed E-state index contributed by atoms with van der Waals surface area (Å²) in [5.41, 5.74) is 2.95. The van der Waals surface area contributed by atoms with E-state index in [4.69, 9.17) is 12.2 Å². The molecule has 0 atom stereocenters. The molecule has 0 amide bonds. The van der Waals surface area contributed by atoms with Crippen molar-refractivity contribution in [3.8, 4) is 11.4 Å². The minimum absolute atomic E-state index is 0.506. The van der Waals surface area contributed by atoms with Crippen molar-refractivity contribution in [2.75, 3.05) is 0 Å². The van der Waals surface area contributed by atoms with Crippen molar-refractivity contribution < 1.29 is 0 Å². The number of aromatic amines is 1. The van der Waals surface area contributed by atoms with E-state index in [0.29, 0.717) is 16.4 Å². The van der Waals surface area contributed by atoms with Crippen LogP contribution in [0.4, 0.5) is 0 Å². The first-order chi connectivity index (χ1) is 9.83. The third kappa shape index (κ3) is 1.64. The second kappa shape index (κ2) is 4.25. The molecular formula is C15H10N4S. The van der Waals surface area contributed by atoms with Gasteiger partial charge in [0, 0.05) is 5.56 Å². The highest BCUT2D eigenvalue weighted by atomic mass is 32.1. The quantitative estimate of drug-likeness (QED) is 0.541. The second-order valence-electron chi connectivity index (χ2n) is 4.50. The number of aromatic nitrogens is 4. The molecule has 0 aliphatic rings. The van der Waals surface area contributed by atoms with Crippen LogP contribution in [-0.4, -0.2) is 19.4 Å². The molecule has 4 rings (SSSR count). The maximum absolute atomic E-state index is 5.41. The largest absolute Gasteiger partial charge is 0.323 e. The van der Waals surface area contributed by atoms with Gasteiger partial charge in [0.15, 0.2) is 5.82 Å². The molecule has 2 aromatic carbocycles. The minimum atomic E-state index is 0.506. The maximum atomic E-state index is 5.41. The Kier molecular flexibility index (Phi) is 2.40. The lowest BCUT2D eigenvalue weighted by Crippen LogP contribution is -1.97. The van der Waals surface area contributed by atoms with Gasteiger partial charge >= 0.3 is 0 Å². The Labute approximate surface area is 119 Å². The standard InChI is InChI=1S/C15H10N4S/c20-15-18-13(10-6-2-1-3-7-10)17-14-16-11-8-4-5-9-12(11)19(14)15/h1-9H,(H,16,17,18,20). The van der Waals surface area contributed by atoms with Crippen molar-refractivity contribution in [2.45, 2.75) is 0 Å². The lowest BCUT2D eigenvalue weighted by Gasteiger charge is -2.00. The summed E-state index contributed by atoms with van der Waals surface area (Å²) in [4.78, 5) is 12.3. The molecule has 4 aromatic rings. The fourth-order valence-electron chi connectivity index (χ4n) is 2.32. The smallest absolute Gasteiger partial charge is 0.216 e. The monoisotopic (exact) mass is 278 g/mol. The molecule has 5 heteroatoms. The molecule has 0 bridgehead atoms. The lowest BCUT2D eigenvalue weighted by molar-refractivity contribution is 1.01. The van der Waals surface area contributed by atoms with Gasteiger partial charge in [0.05, 0.1) is 11.0 Å². The summed E-state index contributed by atoms with van der Waals surface area (Å²) in [5, 5.41) is 0. The van der Waals surface area contributed by atoms with Gasteiger partial charge in [-0.1, -0.05) is 42.5 Å². The van der Waals surface area contributed by atoms with Crippen LogP contribution >= 0.6 is 12.2 Å². The van der Waals surface area contributed by atoms with Gasteiger partial charge in [-0.05, 0) is 24.4 Å². The van der Waals surface area contributed by atoms with E-state index in [1.807, 2.05) is 59.0 Å². The molecule has 2 heterocycles. The fourth-order valence-corrected chi connectivity index (χ4v) is 2.59. The summed E-state index contributed by atoms with van der Waals surface area (Å²) in [6.07, 6.45) is 0. The molecular weight excluding hydrogens is 268 g/mol. The van der Waals surface area contributed by atoms with Crippen molar-refractivity contribution >= 4 is 29.0 Å². The highest BCUT2D eigenvalue weighted by Crippen LogP contribution is 2.19. The highest BCUT2D eigenvalue weighted by Gasteiger charge is 2.08. The van der Waals surface area contributed by atoms with Crippen LogP contribution in [0.1, 0.15) is 0 Å². The molecule has 0 saturated heterocycles. The average molecular weight is 278 g/mol. The first-order valence-electron chi connectivity index (χ1n) is 6.26. The molecule has 20 heavy (non-hydrogen) atoms. The van der Waals surface area contributed by atoms with Crippen LogP contribution in [0.25, 0.3) is 28.2 Å². The Morgan fingerprint density at radius 1 is 0.900 bits per heavy atom. The van der Waals surface area contributed by atoms with Crippen molar-refractivity contribution in [3.63, 3.8) is 0 Å². The second-order valence-corrected chi connectivity index (χ2v) is 4.86. The van der Waals surface area contributed by atoms with Gasteiger partial charge in [0.25, 0.3) is 0 Å². The van der Waals surface area contributed by atoms with Gasteiger partial charge in [0.1, 0.15) is 0 Å². The van der Waals surface area contributed by atoms with Crippen molar-refractivity contribution in [1.82, 2.24) is 19.4 Å². The molecule has 0 aliphatic carbocycles. The summed E-state index contributed by atoms with van der Waals surface area (Å²) < 4.78 is 2.36. The molecule has 2 aromatic heterocycles. The molecule has 0 saturated carbocycles. The van der Waals surface area contributed by atoms with Crippen LogP contribution in [0.5, 0.6) is 0 Å². The Morgan fingerprint density at radius 3 is 2.50 bits per heavy atom. The maximum Gasteiger partial charge on any atom is 0.216 e. The molecule has 4 nitrogen and oxygen atoms in total. The van der Waals surface area contributed by atoms with Crippen LogP contribution in [0, 0.1) is 4.77 Å². The number of nitrogens with one attached hydrogen (secondary N) is 1. The number of benzene rings is 2. The summed E-state index contributed by atoms with van der Waals surface area (Å²) >= 11 is 5.41. The average Bonchev–Trinajstić information content (AvgIpc) is 2.87. The summed E-state index contributed by atoms with van der Waals surface area (Å²) in [5.74, 6) is 1.35. The number of imidazole rings is 1. The molecule has 0 radical (unpaired) electrons. The van der Waals surface area contributed by atoms with E-state index in [2.05, 4.69) is 15.0 Å². The number of nitrogens with zero attached hydrogens (tertiary/aromatic N) is 3.